The molecule has 3 nitrogen and oxygen atoms in total. The number of carbonyl (C=O) groups excluding carboxylic acids is 1. The average molecular weight is 329 g/mol. The molecule has 0 aliphatic heterocycles. The van der Waals surface area contributed by atoms with Gasteiger partial charge in [-0.2, -0.15) is 0 Å². The fourth-order valence-electron chi connectivity index (χ4n) is 1.42. The molecule has 0 bridgehead atoms. The molecule has 0 amide bonds. The van der Waals surface area contributed by atoms with Crippen LogP contribution < -0.4 is 5.73 Å². The van der Waals surface area contributed by atoms with Crippen LogP contribution in [0, 0.1) is 5.82 Å². The quantitative estimate of drug-likeness (QED) is 0.879. The van der Waals surface area contributed by atoms with Crippen LogP contribution in [0.25, 0.3) is 0 Å². The van der Waals surface area contributed by atoms with Crippen molar-refractivity contribution in [2.45, 2.75) is 13.0 Å². The Balaban J connectivity index is 2.38. The van der Waals surface area contributed by atoms with Gasteiger partial charge in [0.05, 0.1) is 16.1 Å². The number of nitrogens with two attached hydrogens (primary N) is 1. The van der Waals surface area contributed by atoms with Gasteiger partial charge in [-0.3, -0.25) is 4.79 Å². The number of carbonyl (C=O) groups is 1. The molecule has 1 aromatic heterocycles. The first-order valence-corrected chi connectivity index (χ1v) is 6.87. The maximum absolute atomic E-state index is 13.8. The minimum Gasteiger partial charge on any atom is -0.322 e. The summed E-state index contributed by atoms with van der Waals surface area (Å²) in [6.07, 6.45) is 0. The molecule has 2 N–H and O–H groups in total. The molecular formula is C12H10BrFN2OS. The van der Waals surface area contributed by atoms with E-state index in [-0.39, 0.29) is 21.8 Å². The van der Waals surface area contributed by atoms with E-state index in [1.807, 2.05) is 0 Å². The van der Waals surface area contributed by atoms with Crippen LogP contribution in [0.4, 0.5) is 4.39 Å². The molecule has 18 heavy (non-hydrogen) atoms. The number of nitrogens with zero attached hydrogens (tertiary/aromatic N) is 1. The summed E-state index contributed by atoms with van der Waals surface area (Å²) < 4.78 is 14.0. The molecule has 1 unspecified atom stereocenters. The molecule has 0 spiro atoms. The molecule has 1 atom stereocenters. The van der Waals surface area contributed by atoms with Crippen molar-refractivity contribution in [3.05, 3.63) is 50.1 Å². The zero-order valence-corrected chi connectivity index (χ0v) is 11.9. The van der Waals surface area contributed by atoms with E-state index in [0.29, 0.717) is 5.01 Å². The minimum atomic E-state index is -0.571. The molecule has 94 valence electrons. The first-order chi connectivity index (χ1) is 8.50. The Morgan fingerprint density at radius 1 is 1.56 bits per heavy atom. The number of rotatable bonds is 3. The SMILES string of the molecule is CC(N)c1nc(C(=O)c2cccc(Br)c2F)cs1. The summed E-state index contributed by atoms with van der Waals surface area (Å²) in [5, 5.41) is 2.26. The minimum absolute atomic E-state index is 0.00546. The lowest BCUT2D eigenvalue weighted by Crippen LogP contribution is -2.08. The van der Waals surface area contributed by atoms with Gasteiger partial charge in [0.15, 0.2) is 0 Å². The van der Waals surface area contributed by atoms with Gasteiger partial charge in [-0.1, -0.05) is 6.07 Å². The zero-order chi connectivity index (χ0) is 13.3. The highest BCUT2D eigenvalue weighted by atomic mass is 79.9. The highest BCUT2D eigenvalue weighted by molar-refractivity contribution is 9.10. The van der Waals surface area contributed by atoms with Crippen molar-refractivity contribution in [2.75, 3.05) is 0 Å². The van der Waals surface area contributed by atoms with Crippen molar-refractivity contribution < 1.29 is 9.18 Å². The smallest absolute Gasteiger partial charge is 0.215 e. The third-order valence-electron chi connectivity index (χ3n) is 2.34. The number of benzene rings is 1. The molecular weight excluding hydrogens is 319 g/mol. The van der Waals surface area contributed by atoms with E-state index in [4.69, 9.17) is 5.73 Å². The molecule has 2 rings (SSSR count). The maximum Gasteiger partial charge on any atom is 0.215 e. The van der Waals surface area contributed by atoms with Gasteiger partial charge in [0.25, 0.3) is 0 Å². The number of hydrogen-bond acceptors (Lipinski definition) is 4. The van der Waals surface area contributed by atoms with Crippen LogP contribution >= 0.6 is 27.3 Å². The van der Waals surface area contributed by atoms with E-state index >= 15 is 0 Å². The monoisotopic (exact) mass is 328 g/mol. The van der Waals surface area contributed by atoms with Gasteiger partial charge >= 0.3 is 0 Å². The Bertz CT molecular complexity index is 598. The molecule has 0 aliphatic rings. The number of aromatic nitrogens is 1. The summed E-state index contributed by atoms with van der Waals surface area (Å²) in [4.78, 5) is 16.2. The lowest BCUT2D eigenvalue weighted by Gasteiger charge is -2.02. The van der Waals surface area contributed by atoms with E-state index in [2.05, 4.69) is 20.9 Å². The van der Waals surface area contributed by atoms with E-state index in [1.54, 1.807) is 24.4 Å². The van der Waals surface area contributed by atoms with E-state index in [9.17, 15) is 9.18 Å². The predicted molar refractivity (Wildman–Crippen MR) is 72.2 cm³/mol. The predicted octanol–water partition coefficient (Wildman–Crippen LogP) is 3.30. The van der Waals surface area contributed by atoms with E-state index in [0.717, 1.165) is 0 Å². The second-order valence-electron chi connectivity index (χ2n) is 3.79. The van der Waals surface area contributed by atoms with Crippen molar-refractivity contribution in [3.63, 3.8) is 0 Å². The van der Waals surface area contributed by atoms with Gasteiger partial charge in [-0.25, -0.2) is 9.37 Å². The Labute approximate surface area is 116 Å². The molecule has 0 fully saturated rings. The molecule has 2 aromatic rings. The van der Waals surface area contributed by atoms with Crippen LogP contribution in [-0.4, -0.2) is 10.8 Å². The van der Waals surface area contributed by atoms with Gasteiger partial charge in [0.1, 0.15) is 16.5 Å². The molecule has 1 aromatic carbocycles. The molecule has 0 saturated carbocycles. The van der Waals surface area contributed by atoms with Gasteiger partial charge in [-0.15, -0.1) is 11.3 Å². The standard InChI is InChI=1S/C12H10BrFN2OS/c1-6(15)12-16-9(5-18-12)11(17)7-3-2-4-8(13)10(7)14/h2-6H,15H2,1H3. The fourth-order valence-corrected chi connectivity index (χ4v) is 2.54. The molecule has 0 saturated heterocycles. The highest BCUT2D eigenvalue weighted by Gasteiger charge is 2.19. The van der Waals surface area contributed by atoms with Crippen LogP contribution in [0.3, 0.4) is 0 Å². The van der Waals surface area contributed by atoms with E-state index in [1.165, 1.54) is 17.4 Å². The number of hydrogen-bond donors (Lipinski definition) is 1. The zero-order valence-electron chi connectivity index (χ0n) is 9.48. The van der Waals surface area contributed by atoms with Gasteiger partial charge in [0, 0.05) is 5.38 Å². The summed E-state index contributed by atoms with van der Waals surface area (Å²) in [5.41, 5.74) is 5.91. The maximum atomic E-state index is 13.8. The molecule has 0 radical (unpaired) electrons. The van der Waals surface area contributed by atoms with Crippen molar-refractivity contribution in [1.29, 1.82) is 0 Å². The largest absolute Gasteiger partial charge is 0.322 e. The van der Waals surface area contributed by atoms with Crippen LogP contribution in [0.5, 0.6) is 0 Å². The molecule has 1 heterocycles. The van der Waals surface area contributed by atoms with E-state index < -0.39 is 11.6 Å². The first kappa shape index (κ1) is 13.3. The molecule has 6 heteroatoms. The van der Waals surface area contributed by atoms with Crippen LogP contribution in [0.15, 0.2) is 28.1 Å². The summed E-state index contributed by atoms with van der Waals surface area (Å²) >= 11 is 4.35. The number of halogens is 2. The summed E-state index contributed by atoms with van der Waals surface area (Å²) in [7, 11) is 0. The van der Waals surface area contributed by atoms with Crippen molar-refractivity contribution in [3.8, 4) is 0 Å². The number of thiazole rings is 1. The average Bonchev–Trinajstić information content (AvgIpc) is 2.81. The van der Waals surface area contributed by atoms with Gasteiger partial charge in [0.2, 0.25) is 5.78 Å². The second kappa shape index (κ2) is 5.26. The lowest BCUT2D eigenvalue weighted by atomic mass is 10.1. The number of ketones is 1. The Morgan fingerprint density at radius 3 is 2.89 bits per heavy atom. The van der Waals surface area contributed by atoms with Crippen molar-refractivity contribution >= 4 is 33.0 Å². The highest BCUT2D eigenvalue weighted by Crippen LogP contribution is 2.23. The summed E-state index contributed by atoms with van der Waals surface area (Å²) in [6.45, 7) is 1.78. The van der Waals surface area contributed by atoms with Gasteiger partial charge in [-0.05, 0) is 35.0 Å². The van der Waals surface area contributed by atoms with Gasteiger partial charge < -0.3 is 5.73 Å². The third kappa shape index (κ3) is 2.50. The summed E-state index contributed by atoms with van der Waals surface area (Å²) in [6, 6.07) is 4.36. The second-order valence-corrected chi connectivity index (χ2v) is 5.53. The lowest BCUT2D eigenvalue weighted by molar-refractivity contribution is 0.103. The Kier molecular flexibility index (Phi) is 3.89. The van der Waals surface area contributed by atoms with Crippen LogP contribution in [0.2, 0.25) is 0 Å². The topological polar surface area (TPSA) is 56.0 Å². The fraction of sp³-hybridized carbons (Fsp3) is 0.167. The Hall–Kier alpha value is -1.11. The molecule has 0 aliphatic carbocycles. The van der Waals surface area contributed by atoms with Crippen molar-refractivity contribution in [2.24, 2.45) is 5.73 Å². The summed E-state index contributed by atoms with van der Waals surface area (Å²) in [5.74, 6) is -1.00. The normalized spacial score (nSPS) is 12.4. The first-order valence-electron chi connectivity index (χ1n) is 5.20. The Morgan fingerprint density at radius 2 is 2.28 bits per heavy atom. The van der Waals surface area contributed by atoms with Crippen LogP contribution in [-0.2, 0) is 0 Å². The van der Waals surface area contributed by atoms with Crippen molar-refractivity contribution in [1.82, 2.24) is 4.98 Å². The third-order valence-corrected chi connectivity index (χ3v) is 4.00. The van der Waals surface area contributed by atoms with Crippen LogP contribution in [0.1, 0.15) is 34.0 Å².